The number of ether oxygens (including phenoxy) is 1. The van der Waals surface area contributed by atoms with Gasteiger partial charge in [-0.2, -0.15) is 0 Å². The van der Waals surface area contributed by atoms with Crippen LogP contribution in [0.25, 0.3) is 0 Å². The molecule has 0 spiro atoms. The monoisotopic (exact) mass is 496 g/mol. The third kappa shape index (κ3) is 5.88. The molecular formula is C22H22Cl2N2O5S. The molecule has 0 saturated carbocycles. The fourth-order valence-electron chi connectivity index (χ4n) is 3.07. The predicted molar refractivity (Wildman–Crippen MR) is 125 cm³/mol. The summed E-state index contributed by atoms with van der Waals surface area (Å²) in [5, 5.41) is 12.8. The number of carbonyl (C=O) groups is 3. The van der Waals surface area contributed by atoms with Crippen molar-refractivity contribution in [1.29, 1.82) is 0 Å². The molecule has 0 aromatic heterocycles. The second-order valence-corrected chi connectivity index (χ2v) is 10.1. The maximum absolute atomic E-state index is 13.5. The van der Waals surface area contributed by atoms with Crippen molar-refractivity contribution in [2.45, 2.75) is 43.9 Å². The molecule has 1 aliphatic rings. The molecule has 2 aromatic carbocycles. The molecular weight excluding hydrogens is 475 g/mol. The summed E-state index contributed by atoms with van der Waals surface area (Å²) in [5.74, 6) is -1.37. The van der Waals surface area contributed by atoms with Crippen molar-refractivity contribution in [2.75, 3.05) is 10.7 Å². The number of carboxylic acids is 1. The Balaban J connectivity index is 2.00. The normalized spacial score (nSPS) is 16.2. The van der Waals surface area contributed by atoms with Crippen LogP contribution in [-0.4, -0.2) is 40.5 Å². The Morgan fingerprint density at radius 1 is 1.22 bits per heavy atom. The van der Waals surface area contributed by atoms with Crippen molar-refractivity contribution in [3.63, 3.8) is 0 Å². The number of amides is 2. The molecule has 32 heavy (non-hydrogen) atoms. The SMILES string of the molecule is CC(C)(C)OC(=O)N[C@H]1CSc2cc(Cl)c(C(=O)O)cc2N(Cc2ccc(Cl)cc2)C1=O. The molecule has 7 nitrogen and oxygen atoms in total. The highest BCUT2D eigenvalue weighted by Gasteiger charge is 2.34. The van der Waals surface area contributed by atoms with Crippen molar-refractivity contribution < 1.29 is 24.2 Å². The van der Waals surface area contributed by atoms with Crippen molar-refractivity contribution in [3.8, 4) is 0 Å². The van der Waals surface area contributed by atoms with Crippen LogP contribution in [0.1, 0.15) is 36.7 Å². The number of hydrogen-bond acceptors (Lipinski definition) is 5. The molecule has 2 amide bonds. The van der Waals surface area contributed by atoms with Crippen LogP contribution in [0, 0.1) is 0 Å². The standard InChI is InChI=1S/C22H22Cl2N2O5S/c1-22(2,3)31-21(30)25-16-11-32-18-9-15(24)14(20(28)29)8-17(18)26(19(16)27)10-12-4-6-13(23)7-5-12/h4-9,16H,10-11H2,1-3H3,(H,25,30)(H,28,29)/t16-/m0/s1. The van der Waals surface area contributed by atoms with E-state index in [2.05, 4.69) is 5.32 Å². The second kappa shape index (κ2) is 9.60. The molecule has 170 valence electrons. The Morgan fingerprint density at radius 3 is 2.47 bits per heavy atom. The van der Waals surface area contributed by atoms with Gasteiger partial charge in [0.1, 0.15) is 11.6 Å². The maximum Gasteiger partial charge on any atom is 0.408 e. The number of thioether (sulfide) groups is 1. The van der Waals surface area contributed by atoms with Gasteiger partial charge in [0, 0.05) is 15.7 Å². The summed E-state index contributed by atoms with van der Waals surface area (Å²) in [5.41, 5.74) is 0.355. The summed E-state index contributed by atoms with van der Waals surface area (Å²) in [7, 11) is 0. The lowest BCUT2D eigenvalue weighted by Crippen LogP contribution is -2.50. The van der Waals surface area contributed by atoms with Gasteiger partial charge in [-0.25, -0.2) is 9.59 Å². The first-order chi connectivity index (χ1) is 14.9. The minimum Gasteiger partial charge on any atom is -0.478 e. The summed E-state index contributed by atoms with van der Waals surface area (Å²) >= 11 is 13.4. The van der Waals surface area contributed by atoms with Gasteiger partial charge in [0.05, 0.1) is 22.8 Å². The van der Waals surface area contributed by atoms with Gasteiger partial charge in [-0.1, -0.05) is 35.3 Å². The molecule has 1 atom stereocenters. The molecule has 3 rings (SSSR count). The minimum atomic E-state index is -1.20. The van der Waals surface area contributed by atoms with Gasteiger partial charge in [-0.3, -0.25) is 4.79 Å². The summed E-state index contributed by atoms with van der Waals surface area (Å²) in [6.07, 6.45) is -0.710. The minimum absolute atomic E-state index is 0.0705. The van der Waals surface area contributed by atoms with Crippen molar-refractivity contribution in [3.05, 3.63) is 57.6 Å². The van der Waals surface area contributed by atoms with E-state index < -0.39 is 29.6 Å². The Kier molecular flexibility index (Phi) is 7.27. The fourth-order valence-corrected chi connectivity index (χ4v) is 4.60. The zero-order chi connectivity index (χ0) is 23.6. The first-order valence-electron chi connectivity index (χ1n) is 9.69. The van der Waals surface area contributed by atoms with Crippen LogP contribution in [0.15, 0.2) is 41.3 Å². The maximum atomic E-state index is 13.5. The van der Waals surface area contributed by atoms with E-state index in [0.717, 1.165) is 5.56 Å². The van der Waals surface area contributed by atoms with Crippen molar-refractivity contribution in [1.82, 2.24) is 5.32 Å². The summed E-state index contributed by atoms with van der Waals surface area (Å²) < 4.78 is 5.30. The van der Waals surface area contributed by atoms with E-state index in [1.807, 2.05) is 0 Å². The number of rotatable bonds is 4. The fraction of sp³-hybridized carbons (Fsp3) is 0.318. The van der Waals surface area contributed by atoms with Gasteiger partial charge >= 0.3 is 12.1 Å². The number of carbonyl (C=O) groups excluding carboxylic acids is 2. The van der Waals surface area contributed by atoms with Gasteiger partial charge in [-0.15, -0.1) is 11.8 Å². The molecule has 0 radical (unpaired) electrons. The topological polar surface area (TPSA) is 95.9 Å². The Morgan fingerprint density at radius 2 is 1.88 bits per heavy atom. The molecule has 1 heterocycles. The lowest BCUT2D eigenvalue weighted by Gasteiger charge is -2.27. The van der Waals surface area contributed by atoms with Crippen LogP contribution < -0.4 is 10.2 Å². The largest absolute Gasteiger partial charge is 0.478 e. The molecule has 1 aliphatic heterocycles. The van der Waals surface area contributed by atoms with Crippen molar-refractivity contribution in [2.24, 2.45) is 0 Å². The molecule has 0 fully saturated rings. The highest BCUT2D eigenvalue weighted by molar-refractivity contribution is 7.99. The number of fused-ring (bicyclic) bond motifs is 1. The zero-order valence-electron chi connectivity index (χ0n) is 17.6. The van der Waals surface area contributed by atoms with Crippen LogP contribution in [0.4, 0.5) is 10.5 Å². The van der Waals surface area contributed by atoms with Crippen LogP contribution in [0.5, 0.6) is 0 Å². The van der Waals surface area contributed by atoms with Gasteiger partial charge in [0.25, 0.3) is 5.91 Å². The Hall–Kier alpha value is -2.42. The van der Waals surface area contributed by atoms with Gasteiger partial charge in [0.15, 0.2) is 0 Å². The first kappa shape index (κ1) is 24.2. The van der Waals surface area contributed by atoms with E-state index in [1.54, 1.807) is 45.0 Å². The summed E-state index contributed by atoms with van der Waals surface area (Å²) in [4.78, 5) is 39.5. The third-order valence-electron chi connectivity index (χ3n) is 4.48. The molecule has 2 N–H and O–H groups in total. The van der Waals surface area contributed by atoms with E-state index in [-0.39, 0.29) is 22.9 Å². The number of alkyl carbamates (subject to hydrolysis) is 1. The average Bonchev–Trinajstić information content (AvgIpc) is 2.79. The third-order valence-corrected chi connectivity index (χ3v) is 6.19. The number of halogens is 2. The first-order valence-corrected chi connectivity index (χ1v) is 11.4. The average molecular weight is 497 g/mol. The molecule has 2 aromatic rings. The molecule has 0 aliphatic carbocycles. The Labute approximate surface area is 200 Å². The molecule has 0 bridgehead atoms. The lowest BCUT2D eigenvalue weighted by molar-refractivity contribution is -0.120. The van der Waals surface area contributed by atoms with Crippen LogP contribution in [-0.2, 0) is 16.1 Å². The zero-order valence-corrected chi connectivity index (χ0v) is 20.0. The van der Waals surface area contributed by atoms with Gasteiger partial charge in [0.2, 0.25) is 0 Å². The van der Waals surface area contributed by atoms with Crippen LogP contribution >= 0.6 is 35.0 Å². The van der Waals surface area contributed by atoms with Crippen LogP contribution in [0.3, 0.4) is 0 Å². The van der Waals surface area contributed by atoms with E-state index in [9.17, 15) is 19.5 Å². The van der Waals surface area contributed by atoms with Gasteiger partial charge < -0.3 is 20.1 Å². The Bertz CT molecular complexity index is 1050. The number of aromatic carboxylic acids is 1. The molecule has 0 saturated heterocycles. The van der Waals surface area contributed by atoms with Gasteiger partial charge in [-0.05, 0) is 50.6 Å². The number of nitrogens with zero attached hydrogens (tertiary/aromatic N) is 1. The number of benzene rings is 2. The summed E-state index contributed by atoms with van der Waals surface area (Å²) in [6, 6.07) is 8.99. The van der Waals surface area contributed by atoms with Crippen molar-refractivity contribution >= 4 is 58.6 Å². The quantitative estimate of drug-likeness (QED) is 0.601. The molecule has 0 unspecified atom stereocenters. The second-order valence-electron chi connectivity index (χ2n) is 8.17. The van der Waals surface area contributed by atoms with E-state index >= 15 is 0 Å². The van der Waals surface area contributed by atoms with E-state index in [1.165, 1.54) is 28.8 Å². The van der Waals surface area contributed by atoms with Crippen LogP contribution in [0.2, 0.25) is 10.0 Å². The highest BCUT2D eigenvalue weighted by Crippen LogP contribution is 2.39. The number of hydrogen-bond donors (Lipinski definition) is 2. The number of nitrogens with one attached hydrogen (secondary N) is 1. The van der Waals surface area contributed by atoms with E-state index in [4.69, 9.17) is 27.9 Å². The lowest BCUT2D eigenvalue weighted by atomic mass is 10.1. The number of anilines is 1. The smallest absolute Gasteiger partial charge is 0.408 e. The predicted octanol–water partition coefficient (Wildman–Crippen LogP) is 5.22. The summed E-state index contributed by atoms with van der Waals surface area (Å²) in [6.45, 7) is 5.34. The highest BCUT2D eigenvalue weighted by atomic mass is 35.5. The van der Waals surface area contributed by atoms with E-state index in [0.29, 0.717) is 15.6 Å². The number of carboxylic acid groups (broad SMARTS) is 1. The molecule has 10 heteroatoms.